The Hall–Kier alpha value is -2.50. The first-order chi connectivity index (χ1) is 12.3. The van der Waals surface area contributed by atoms with E-state index in [1.165, 1.54) is 0 Å². The number of hydrogen-bond acceptors (Lipinski definition) is 4. The molecule has 0 unspecified atom stereocenters. The van der Waals surface area contributed by atoms with E-state index in [0.29, 0.717) is 0 Å². The van der Waals surface area contributed by atoms with Gasteiger partial charge in [-0.1, -0.05) is 18.2 Å². The van der Waals surface area contributed by atoms with E-state index < -0.39 is 0 Å². The Morgan fingerprint density at radius 2 is 1.96 bits per heavy atom. The van der Waals surface area contributed by atoms with E-state index in [9.17, 15) is 5.11 Å². The highest BCUT2D eigenvalue weighted by Crippen LogP contribution is 2.44. The number of hydrogen-bond donors (Lipinski definition) is 2. The quantitative estimate of drug-likeness (QED) is 0.697. The first kappa shape index (κ1) is 16.0. The predicted molar refractivity (Wildman–Crippen MR) is 97.3 cm³/mol. The molecule has 0 bridgehead atoms. The molecule has 1 saturated carbocycles. The number of para-hydroxylation sites is 1. The Labute approximate surface area is 147 Å². The average Bonchev–Trinajstić information content (AvgIpc) is 3.33. The van der Waals surface area contributed by atoms with Gasteiger partial charge in [-0.25, -0.2) is 4.68 Å². The number of pyridine rings is 1. The van der Waals surface area contributed by atoms with Crippen LogP contribution >= 0.6 is 0 Å². The van der Waals surface area contributed by atoms with Gasteiger partial charge in [-0.2, -0.15) is 5.10 Å². The van der Waals surface area contributed by atoms with Crippen LogP contribution in [0.2, 0.25) is 0 Å². The van der Waals surface area contributed by atoms with Crippen molar-refractivity contribution >= 4 is 0 Å². The number of rotatable bonds is 7. The lowest BCUT2D eigenvalue weighted by atomic mass is 10.1. The maximum Gasteiger partial charge on any atom is 0.0988 e. The van der Waals surface area contributed by atoms with Gasteiger partial charge in [-0.05, 0) is 37.1 Å². The van der Waals surface area contributed by atoms with E-state index >= 15 is 0 Å². The molecule has 5 heteroatoms. The number of benzene rings is 1. The van der Waals surface area contributed by atoms with Crippen molar-refractivity contribution in [3.8, 4) is 16.9 Å². The first-order valence-electron chi connectivity index (χ1n) is 8.66. The molecule has 1 aromatic carbocycles. The Morgan fingerprint density at radius 1 is 1.12 bits per heavy atom. The van der Waals surface area contributed by atoms with Crippen LogP contribution in [0.15, 0.2) is 61.1 Å². The summed E-state index contributed by atoms with van der Waals surface area (Å²) in [5.74, 6) is 0. The van der Waals surface area contributed by atoms with Gasteiger partial charge in [0.15, 0.2) is 0 Å². The van der Waals surface area contributed by atoms with E-state index in [-0.39, 0.29) is 12.0 Å². The fourth-order valence-corrected chi connectivity index (χ4v) is 3.03. The van der Waals surface area contributed by atoms with Crippen LogP contribution in [0, 0.1) is 5.41 Å². The zero-order valence-corrected chi connectivity index (χ0v) is 14.1. The lowest BCUT2D eigenvalue weighted by Crippen LogP contribution is -2.26. The van der Waals surface area contributed by atoms with Gasteiger partial charge in [0.05, 0.1) is 11.4 Å². The molecule has 0 spiro atoms. The topological polar surface area (TPSA) is 63.0 Å². The largest absolute Gasteiger partial charge is 0.396 e. The predicted octanol–water partition coefficient (Wildman–Crippen LogP) is 2.80. The molecular formula is C20H22N4O. The van der Waals surface area contributed by atoms with Gasteiger partial charge in [0, 0.05) is 54.8 Å². The molecule has 128 valence electrons. The van der Waals surface area contributed by atoms with E-state index in [1.807, 2.05) is 53.3 Å². The van der Waals surface area contributed by atoms with Crippen LogP contribution in [0.5, 0.6) is 0 Å². The number of aliphatic hydroxyl groups is 1. The van der Waals surface area contributed by atoms with E-state index in [4.69, 9.17) is 5.10 Å². The molecule has 1 aliphatic rings. The number of aromatic nitrogens is 3. The van der Waals surface area contributed by atoms with Crippen molar-refractivity contribution in [2.24, 2.45) is 5.41 Å². The molecule has 0 aliphatic heterocycles. The van der Waals surface area contributed by atoms with E-state index in [2.05, 4.69) is 16.5 Å². The minimum atomic E-state index is 0.101. The summed E-state index contributed by atoms with van der Waals surface area (Å²) in [7, 11) is 0. The highest BCUT2D eigenvalue weighted by atomic mass is 16.3. The summed E-state index contributed by atoms with van der Waals surface area (Å²) in [6.07, 6.45) is 7.90. The van der Waals surface area contributed by atoms with Crippen molar-refractivity contribution in [2.45, 2.75) is 19.4 Å². The zero-order chi connectivity index (χ0) is 17.1. The molecule has 1 aliphatic carbocycles. The lowest BCUT2D eigenvalue weighted by Gasteiger charge is -2.12. The highest BCUT2D eigenvalue weighted by Gasteiger charge is 2.41. The number of nitrogens with one attached hydrogen (secondary N) is 1. The van der Waals surface area contributed by atoms with Crippen molar-refractivity contribution in [3.63, 3.8) is 0 Å². The molecule has 0 saturated heterocycles. The normalized spacial score (nSPS) is 15.2. The molecule has 4 rings (SSSR count). The van der Waals surface area contributed by atoms with Gasteiger partial charge in [0.1, 0.15) is 0 Å². The number of nitrogens with zero attached hydrogens (tertiary/aromatic N) is 3. The minimum Gasteiger partial charge on any atom is -0.396 e. The fraction of sp³-hybridized carbons (Fsp3) is 0.300. The van der Waals surface area contributed by atoms with Gasteiger partial charge >= 0.3 is 0 Å². The summed E-state index contributed by atoms with van der Waals surface area (Å²) in [6.45, 7) is 1.82. The summed E-state index contributed by atoms with van der Waals surface area (Å²) in [5.41, 5.74) is 4.22. The molecule has 0 atom stereocenters. The molecule has 2 aromatic heterocycles. The van der Waals surface area contributed by atoms with Gasteiger partial charge in [-0.3, -0.25) is 4.98 Å². The molecular weight excluding hydrogens is 312 g/mol. The van der Waals surface area contributed by atoms with Gasteiger partial charge in [0.2, 0.25) is 0 Å². The summed E-state index contributed by atoms with van der Waals surface area (Å²) in [4.78, 5) is 4.22. The smallest absolute Gasteiger partial charge is 0.0988 e. The third kappa shape index (κ3) is 3.48. The maximum atomic E-state index is 9.47. The summed E-state index contributed by atoms with van der Waals surface area (Å²) in [6, 6.07) is 14.1. The summed E-state index contributed by atoms with van der Waals surface area (Å²) < 4.78 is 1.91. The Bertz CT molecular complexity index is 825. The van der Waals surface area contributed by atoms with Crippen molar-refractivity contribution in [1.82, 2.24) is 20.1 Å². The van der Waals surface area contributed by atoms with Crippen molar-refractivity contribution in [2.75, 3.05) is 13.2 Å². The minimum absolute atomic E-state index is 0.101. The second-order valence-electron chi connectivity index (χ2n) is 6.79. The van der Waals surface area contributed by atoms with Crippen molar-refractivity contribution in [3.05, 3.63) is 66.6 Å². The Kier molecular flexibility index (Phi) is 4.34. The monoisotopic (exact) mass is 334 g/mol. The van der Waals surface area contributed by atoms with Crippen molar-refractivity contribution < 1.29 is 5.11 Å². The summed E-state index contributed by atoms with van der Waals surface area (Å²) in [5, 5.41) is 17.8. The molecule has 0 radical (unpaired) electrons. The fourth-order valence-electron chi connectivity index (χ4n) is 3.03. The molecule has 2 N–H and O–H groups in total. The van der Waals surface area contributed by atoms with E-state index in [1.54, 1.807) is 6.20 Å². The summed E-state index contributed by atoms with van der Waals surface area (Å²) >= 11 is 0. The Balaban J connectivity index is 1.60. The number of aliphatic hydroxyl groups excluding tert-OH is 1. The third-order valence-corrected chi connectivity index (χ3v) is 4.85. The van der Waals surface area contributed by atoms with Crippen molar-refractivity contribution in [1.29, 1.82) is 0 Å². The standard InChI is InChI=1S/C20H22N4O/c25-15-20(8-9-20)14-22-12-17-13-24(18-6-2-1-3-7-18)23-19(17)16-5-4-10-21-11-16/h1-7,10-11,13,22,25H,8-9,12,14-15H2. The third-order valence-electron chi connectivity index (χ3n) is 4.85. The first-order valence-corrected chi connectivity index (χ1v) is 8.66. The SMILES string of the molecule is OCC1(CNCc2cn(-c3ccccc3)nc2-c2cccnc2)CC1. The lowest BCUT2D eigenvalue weighted by molar-refractivity contribution is 0.207. The highest BCUT2D eigenvalue weighted by molar-refractivity contribution is 5.62. The van der Waals surface area contributed by atoms with Crippen LogP contribution in [0.1, 0.15) is 18.4 Å². The molecule has 1 fully saturated rings. The van der Waals surface area contributed by atoms with Crippen LogP contribution in [-0.2, 0) is 6.54 Å². The molecule has 25 heavy (non-hydrogen) atoms. The van der Waals surface area contributed by atoms with E-state index in [0.717, 1.165) is 48.4 Å². The molecule has 0 amide bonds. The van der Waals surface area contributed by atoms with Gasteiger partial charge in [-0.15, -0.1) is 0 Å². The second kappa shape index (κ2) is 6.78. The van der Waals surface area contributed by atoms with Crippen LogP contribution in [0.25, 0.3) is 16.9 Å². The van der Waals surface area contributed by atoms with Gasteiger partial charge in [0.25, 0.3) is 0 Å². The van der Waals surface area contributed by atoms with Crippen LogP contribution < -0.4 is 5.32 Å². The maximum absolute atomic E-state index is 9.47. The van der Waals surface area contributed by atoms with Crippen LogP contribution in [0.4, 0.5) is 0 Å². The molecule has 5 nitrogen and oxygen atoms in total. The average molecular weight is 334 g/mol. The van der Waals surface area contributed by atoms with Crippen LogP contribution in [-0.4, -0.2) is 33.0 Å². The Morgan fingerprint density at radius 3 is 2.64 bits per heavy atom. The van der Waals surface area contributed by atoms with Gasteiger partial charge < -0.3 is 10.4 Å². The molecule has 3 aromatic rings. The molecule has 2 heterocycles. The second-order valence-corrected chi connectivity index (χ2v) is 6.79. The zero-order valence-electron chi connectivity index (χ0n) is 14.1. The van der Waals surface area contributed by atoms with Crippen LogP contribution in [0.3, 0.4) is 0 Å².